The Kier molecular flexibility index (Phi) is 25.2. The molecule has 0 aliphatic rings. The molecule has 0 unspecified atom stereocenters. The lowest BCUT2D eigenvalue weighted by Crippen LogP contribution is -2.52. The van der Waals surface area contributed by atoms with Gasteiger partial charge in [0.2, 0.25) is 0 Å². The number of carbonyl (C=O) groups excluding carboxylic acids is 2. The zero-order valence-electron chi connectivity index (χ0n) is 24.1. The van der Waals surface area contributed by atoms with Gasteiger partial charge in [0.15, 0.2) is 0 Å². The van der Waals surface area contributed by atoms with Gasteiger partial charge in [-0.25, -0.2) is 0 Å². The van der Waals surface area contributed by atoms with Crippen LogP contribution in [-0.4, -0.2) is 50.8 Å². The summed E-state index contributed by atoms with van der Waals surface area (Å²) in [6.07, 6.45) is 20.3. The highest BCUT2D eigenvalue weighted by Gasteiger charge is 2.42. The van der Waals surface area contributed by atoms with Crippen LogP contribution in [0.2, 0.25) is 0 Å². The van der Waals surface area contributed by atoms with Crippen LogP contribution in [-0.2, 0) is 9.59 Å². The van der Waals surface area contributed by atoms with Crippen molar-refractivity contribution in [1.29, 1.82) is 0 Å². The van der Waals surface area contributed by atoms with Gasteiger partial charge in [0, 0.05) is 25.9 Å². The molecule has 6 nitrogen and oxygen atoms in total. The van der Waals surface area contributed by atoms with E-state index in [1.807, 2.05) is 0 Å². The van der Waals surface area contributed by atoms with Crippen molar-refractivity contribution in [2.45, 2.75) is 136 Å². The molecule has 0 aromatic rings. The van der Waals surface area contributed by atoms with Gasteiger partial charge in [-0.3, -0.25) is 9.59 Å². The SMILES string of the molecule is CCCCCCCCCC(=O)C(CN)(CNCCCCNCCCN)C(=O)CCCCCCCCC. The van der Waals surface area contributed by atoms with Gasteiger partial charge in [-0.05, 0) is 58.3 Å². The van der Waals surface area contributed by atoms with E-state index < -0.39 is 5.41 Å². The van der Waals surface area contributed by atoms with E-state index in [-0.39, 0.29) is 18.1 Å². The van der Waals surface area contributed by atoms with Gasteiger partial charge in [-0.15, -0.1) is 0 Å². The number of carbonyl (C=O) groups is 2. The van der Waals surface area contributed by atoms with E-state index in [0.717, 1.165) is 71.1 Å². The van der Waals surface area contributed by atoms with Gasteiger partial charge in [-0.1, -0.05) is 90.9 Å². The molecule has 0 saturated heterocycles. The van der Waals surface area contributed by atoms with Crippen molar-refractivity contribution < 1.29 is 9.59 Å². The first-order valence-corrected chi connectivity index (χ1v) is 15.5. The highest BCUT2D eigenvalue weighted by atomic mass is 16.2. The van der Waals surface area contributed by atoms with Crippen molar-refractivity contribution in [1.82, 2.24) is 10.6 Å². The number of rotatable bonds is 29. The summed E-state index contributed by atoms with van der Waals surface area (Å²) in [6.45, 7) is 8.40. The summed E-state index contributed by atoms with van der Waals surface area (Å²) in [6, 6.07) is 0. The van der Waals surface area contributed by atoms with Gasteiger partial charge in [0.1, 0.15) is 17.0 Å². The molecule has 0 aliphatic carbocycles. The molecule has 0 bridgehead atoms. The summed E-state index contributed by atoms with van der Waals surface area (Å²) < 4.78 is 0. The summed E-state index contributed by atoms with van der Waals surface area (Å²) >= 11 is 0. The molecule has 0 amide bonds. The van der Waals surface area contributed by atoms with E-state index in [0.29, 0.717) is 19.4 Å². The molecule has 0 heterocycles. The van der Waals surface area contributed by atoms with Crippen molar-refractivity contribution >= 4 is 11.6 Å². The van der Waals surface area contributed by atoms with Crippen LogP contribution in [0.15, 0.2) is 0 Å². The lowest BCUT2D eigenvalue weighted by atomic mass is 9.75. The number of ketones is 2. The average Bonchev–Trinajstić information content (AvgIpc) is 2.88. The lowest BCUT2D eigenvalue weighted by molar-refractivity contribution is -0.140. The first-order valence-electron chi connectivity index (χ1n) is 15.5. The highest BCUT2D eigenvalue weighted by molar-refractivity contribution is 6.07. The summed E-state index contributed by atoms with van der Waals surface area (Å²) in [4.78, 5) is 26.8. The summed E-state index contributed by atoms with van der Waals surface area (Å²) in [7, 11) is 0. The Labute approximate surface area is 223 Å². The molecule has 0 aliphatic heterocycles. The summed E-state index contributed by atoms with van der Waals surface area (Å²) in [5.41, 5.74) is 10.7. The summed E-state index contributed by atoms with van der Waals surface area (Å²) in [5.74, 6) is 0.116. The number of unbranched alkanes of at least 4 members (excludes halogenated alkanes) is 13. The molecule has 0 atom stereocenters. The van der Waals surface area contributed by atoms with Crippen LogP contribution >= 0.6 is 0 Å². The first kappa shape index (κ1) is 35.2. The molecule has 214 valence electrons. The van der Waals surface area contributed by atoms with Crippen LogP contribution in [0.1, 0.15) is 136 Å². The number of hydrogen-bond donors (Lipinski definition) is 4. The fourth-order valence-electron chi connectivity index (χ4n) is 4.77. The van der Waals surface area contributed by atoms with E-state index in [1.54, 1.807) is 0 Å². The Morgan fingerprint density at radius 1 is 0.556 bits per heavy atom. The van der Waals surface area contributed by atoms with E-state index in [9.17, 15) is 9.59 Å². The van der Waals surface area contributed by atoms with Crippen LogP contribution in [0.4, 0.5) is 0 Å². The van der Waals surface area contributed by atoms with E-state index in [2.05, 4.69) is 24.5 Å². The molecule has 0 rings (SSSR count). The molecule has 36 heavy (non-hydrogen) atoms. The maximum Gasteiger partial charge on any atom is 0.148 e. The number of Topliss-reactive ketones (excluding diaryl/α,β-unsaturated/α-hetero) is 2. The topological polar surface area (TPSA) is 110 Å². The lowest BCUT2D eigenvalue weighted by Gasteiger charge is -2.30. The third-order valence-electron chi connectivity index (χ3n) is 7.37. The van der Waals surface area contributed by atoms with Gasteiger partial charge in [0.05, 0.1) is 0 Å². The van der Waals surface area contributed by atoms with Gasteiger partial charge >= 0.3 is 0 Å². The van der Waals surface area contributed by atoms with Crippen LogP contribution in [0.3, 0.4) is 0 Å². The molecule has 0 aromatic carbocycles. The van der Waals surface area contributed by atoms with E-state index in [4.69, 9.17) is 11.5 Å². The minimum atomic E-state index is -1.05. The molecule has 6 heteroatoms. The van der Waals surface area contributed by atoms with Gasteiger partial charge in [0.25, 0.3) is 0 Å². The Morgan fingerprint density at radius 3 is 1.42 bits per heavy atom. The number of nitrogens with two attached hydrogens (primary N) is 2. The molecular weight excluding hydrogens is 448 g/mol. The quantitative estimate of drug-likeness (QED) is 0.0763. The van der Waals surface area contributed by atoms with Crippen LogP contribution in [0.5, 0.6) is 0 Å². The third-order valence-corrected chi connectivity index (χ3v) is 7.37. The standard InChI is InChI=1S/C30H62N4O2/c1-3-5-7-9-11-13-15-20-28(35)30(26-32,27-34-24-18-17-23-33-25-19-22-31)29(36)21-16-14-12-10-8-6-4-2/h33-34H,3-27,31-32H2,1-2H3. The Bertz CT molecular complexity index is 483. The smallest absolute Gasteiger partial charge is 0.148 e. The zero-order chi connectivity index (χ0) is 26.7. The molecule has 0 spiro atoms. The van der Waals surface area contributed by atoms with Crippen molar-refractivity contribution in [3.63, 3.8) is 0 Å². The largest absolute Gasteiger partial charge is 0.330 e. The normalized spacial score (nSPS) is 11.8. The average molecular weight is 511 g/mol. The van der Waals surface area contributed by atoms with Crippen LogP contribution in [0, 0.1) is 5.41 Å². The third kappa shape index (κ3) is 17.6. The summed E-state index contributed by atoms with van der Waals surface area (Å²) in [5, 5.41) is 6.82. The second kappa shape index (κ2) is 25.8. The molecule has 0 fully saturated rings. The van der Waals surface area contributed by atoms with Crippen molar-refractivity contribution in [3.05, 3.63) is 0 Å². The monoisotopic (exact) mass is 510 g/mol. The minimum absolute atomic E-state index is 0.0578. The second-order valence-electron chi connectivity index (χ2n) is 10.7. The molecule has 0 saturated carbocycles. The Morgan fingerprint density at radius 2 is 0.972 bits per heavy atom. The molecule has 0 aromatic heterocycles. The minimum Gasteiger partial charge on any atom is -0.330 e. The number of nitrogens with one attached hydrogen (secondary N) is 2. The van der Waals surface area contributed by atoms with Crippen LogP contribution in [0.25, 0.3) is 0 Å². The Balaban J connectivity index is 4.66. The highest BCUT2D eigenvalue weighted by Crippen LogP contribution is 2.25. The second-order valence-corrected chi connectivity index (χ2v) is 10.7. The van der Waals surface area contributed by atoms with Crippen molar-refractivity contribution in [3.8, 4) is 0 Å². The number of hydrogen-bond acceptors (Lipinski definition) is 6. The molecular formula is C30H62N4O2. The maximum absolute atomic E-state index is 13.4. The van der Waals surface area contributed by atoms with Crippen LogP contribution < -0.4 is 22.1 Å². The predicted molar refractivity (Wildman–Crippen MR) is 155 cm³/mol. The van der Waals surface area contributed by atoms with Crippen molar-refractivity contribution in [2.75, 3.05) is 39.3 Å². The fourth-order valence-corrected chi connectivity index (χ4v) is 4.77. The first-order chi connectivity index (χ1) is 17.6. The van der Waals surface area contributed by atoms with Gasteiger partial charge in [-0.2, -0.15) is 0 Å². The van der Waals surface area contributed by atoms with E-state index >= 15 is 0 Å². The fraction of sp³-hybridized carbons (Fsp3) is 0.933. The van der Waals surface area contributed by atoms with Crippen molar-refractivity contribution in [2.24, 2.45) is 16.9 Å². The molecule has 6 N–H and O–H groups in total. The zero-order valence-corrected chi connectivity index (χ0v) is 24.1. The predicted octanol–water partition coefficient (Wildman–Crippen LogP) is 5.66. The van der Waals surface area contributed by atoms with Gasteiger partial charge < -0.3 is 22.1 Å². The molecule has 0 radical (unpaired) electrons. The Hall–Kier alpha value is -0.820. The maximum atomic E-state index is 13.4. The van der Waals surface area contributed by atoms with E-state index in [1.165, 1.54) is 64.2 Å².